The van der Waals surface area contributed by atoms with E-state index in [1.165, 1.54) is 0 Å². The molecule has 2 aromatic heterocycles. The average Bonchev–Trinajstić information content (AvgIpc) is 2.90. The second-order valence-electron chi connectivity index (χ2n) is 4.32. The Kier molecular flexibility index (Phi) is 8.10. The topological polar surface area (TPSA) is 88.2 Å². The van der Waals surface area contributed by atoms with Crippen LogP contribution in [0.5, 0.6) is 0 Å². The molecule has 0 spiro atoms. The molecule has 2 N–H and O–H groups in total. The van der Waals surface area contributed by atoms with E-state index in [1.807, 2.05) is 6.07 Å². The number of aryl methyl sites for hydroxylation is 1. The fraction of sp³-hybridized carbons (Fsp3) is 0.385. The summed E-state index contributed by atoms with van der Waals surface area (Å²) in [7, 11) is 1.71. The van der Waals surface area contributed by atoms with Crippen LogP contribution in [0.1, 0.15) is 17.3 Å². The molecule has 2 aromatic rings. The molecule has 0 aliphatic heterocycles. The van der Waals surface area contributed by atoms with Gasteiger partial charge in [0.1, 0.15) is 5.15 Å². The van der Waals surface area contributed by atoms with Crippen LogP contribution in [-0.2, 0) is 13.0 Å². The number of aliphatic imine (C=N–C) groups is 1. The number of aromatic nitrogens is 3. The predicted octanol–water partition coefficient (Wildman–Crippen LogP) is 1.95. The van der Waals surface area contributed by atoms with E-state index in [0.29, 0.717) is 29.4 Å². The lowest BCUT2D eigenvalue weighted by atomic mass is 10.2. The van der Waals surface area contributed by atoms with E-state index in [-0.39, 0.29) is 24.0 Å². The fourth-order valence-electron chi connectivity index (χ4n) is 1.68. The van der Waals surface area contributed by atoms with Crippen molar-refractivity contribution in [2.75, 3.05) is 13.6 Å². The van der Waals surface area contributed by atoms with Crippen molar-refractivity contribution in [3.8, 4) is 0 Å². The van der Waals surface area contributed by atoms with Crippen LogP contribution < -0.4 is 10.6 Å². The molecule has 0 saturated carbocycles. The van der Waals surface area contributed by atoms with Gasteiger partial charge in [-0.2, -0.15) is 4.98 Å². The molecule has 0 aliphatic rings. The minimum Gasteiger partial charge on any atom is -0.356 e. The third-order valence-corrected chi connectivity index (χ3v) is 2.93. The van der Waals surface area contributed by atoms with Crippen molar-refractivity contribution in [2.24, 2.45) is 4.99 Å². The smallest absolute Gasteiger partial charge is 0.223 e. The molecule has 9 heteroatoms. The number of rotatable bonds is 5. The van der Waals surface area contributed by atoms with Gasteiger partial charge in [-0.3, -0.25) is 4.99 Å². The van der Waals surface area contributed by atoms with Crippen molar-refractivity contribution in [3.05, 3.63) is 40.8 Å². The van der Waals surface area contributed by atoms with Crippen molar-refractivity contribution in [1.82, 2.24) is 25.8 Å². The highest BCUT2D eigenvalue weighted by molar-refractivity contribution is 14.0. The molecular formula is C13H18ClIN6O. The minimum absolute atomic E-state index is 0. The second-order valence-corrected chi connectivity index (χ2v) is 4.71. The van der Waals surface area contributed by atoms with Crippen molar-refractivity contribution in [3.63, 3.8) is 0 Å². The summed E-state index contributed by atoms with van der Waals surface area (Å²) in [6, 6.07) is 3.73. The summed E-state index contributed by atoms with van der Waals surface area (Å²) in [4.78, 5) is 12.3. The van der Waals surface area contributed by atoms with Gasteiger partial charge in [0.25, 0.3) is 0 Å². The van der Waals surface area contributed by atoms with Gasteiger partial charge in [0.05, 0.1) is 6.54 Å². The zero-order valence-electron chi connectivity index (χ0n) is 12.3. The van der Waals surface area contributed by atoms with Crippen LogP contribution >= 0.6 is 35.6 Å². The zero-order valence-corrected chi connectivity index (χ0v) is 15.4. The maximum absolute atomic E-state index is 5.74. The largest absolute Gasteiger partial charge is 0.356 e. The van der Waals surface area contributed by atoms with Crippen LogP contribution in [0.15, 0.2) is 27.8 Å². The van der Waals surface area contributed by atoms with Crippen molar-refractivity contribution >= 4 is 41.5 Å². The SMILES string of the molecule is CN=C(NCCc1ccc(Cl)nc1)NCc1noc(C)n1.I. The second kappa shape index (κ2) is 9.57. The number of hydrogen-bond donors (Lipinski definition) is 2. The molecule has 0 radical (unpaired) electrons. The summed E-state index contributed by atoms with van der Waals surface area (Å²) in [6.45, 7) is 2.94. The van der Waals surface area contributed by atoms with Gasteiger partial charge in [-0.15, -0.1) is 24.0 Å². The predicted molar refractivity (Wildman–Crippen MR) is 95.6 cm³/mol. The summed E-state index contributed by atoms with van der Waals surface area (Å²) in [6.07, 6.45) is 2.59. The Morgan fingerprint density at radius 2 is 2.18 bits per heavy atom. The van der Waals surface area contributed by atoms with Gasteiger partial charge in [-0.25, -0.2) is 4.98 Å². The van der Waals surface area contributed by atoms with E-state index in [9.17, 15) is 0 Å². The van der Waals surface area contributed by atoms with Crippen molar-refractivity contribution < 1.29 is 4.52 Å². The summed E-state index contributed by atoms with van der Waals surface area (Å²) in [5.74, 6) is 1.82. The summed E-state index contributed by atoms with van der Waals surface area (Å²) in [5, 5.41) is 10.6. The Morgan fingerprint density at radius 3 is 2.77 bits per heavy atom. The molecule has 0 aromatic carbocycles. The van der Waals surface area contributed by atoms with Gasteiger partial charge in [-0.1, -0.05) is 22.8 Å². The first-order valence-corrected chi connectivity index (χ1v) is 6.89. The number of pyridine rings is 1. The molecule has 0 unspecified atom stereocenters. The van der Waals surface area contributed by atoms with Gasteiger partial charge in [0.2, 0.25) is 5.89 Å². The molecule has 0 bridgehead atoms. The summed E-state index contributed by atoms with van der Waals surface area (Å²) >= 11 is 5.74. The fourth-order valence-corrected chi connectivity index (χ4v) is 1.79. The molecule has 2 rings (SSSR count). The van der Waals surface area contributed by atoms with E-state index in [2.05, 4.69) is 30.8 Å². The molecule has 0 saturated heterocycles. The molecular weight excluding hydrogens is 419 g/mol. The molecule has 0 atom stereocenters. The number of guanidine groups is 1. The van der Waals surface area contributed by atoms with Gasteiger partial charge < -0.3 is 15.2 Å². The van der Waals surface area contributed by atoms with E-state index < -0.39 is 0 Å². The molecule has 0 aliphatic carbocycles. The third kappa shape index (κ3) is 6.14. The lowest BCUT2D eigenvalue weighted by Gasteiger charge is -2.10. The van der Waals surface area contributed by atoms with Gasteiger partial charge in [-0.05, 0) is 18.1 Å². The van der Waals surface area contributed by atoms with Crippen molar-refractivity contribution in [2.45, 2.75) is 19.9 Å². The monoisotopic (exact) mass is 436 g/mol. The number of nitrogens with one attached hydrogen (secondary N) is 2. The zero-order chi connectivity index (χ0) is 15.1. The Balaban J connectivity index is 0.00000242. The van der Waals surface area contributed by atoms with Crippen molar-refractivity contribution in [1.29, 1.82) is 0 Å². The highest BCUT2D eigenvalue weighted by Gasteiger charge is 2.03. The molecule has 0 amide bonds. The van der Waals surface area contributed by atoms with Crippen LogP contribution in [0.4, 0.5) is 0 Å². The summed E-state index contributed by atoms with van der Waals surface area (Å²) in [5.41, 5.74) is 1.11. The lowest BCUT2D eigenvalue weighted by Crippen LogP contribution is -2.38. The Labute approximate surface area is 151 Å². The lowest BCUT2D eigenvalue weighted by molar-refractivity contribution is 0.387. The standard InChI is InChI=1S/C13H17ClN6O.HI/c1-9-19-12(20-21-9)8-18-13(15-2)16-6-5-10-3-4-11(14)17-7-10;/h3-4,7H,5-6,8H2,1-2H3,(H2,15,16,18);1H. The first-order chi connectivity index (χ1) is 10.2. The first kappa shape index (κ1) is 18.6. The van der Waals surface area contributed by atoms with Crippen LogP contribution in [-0.4, -0.2) is 34.7 Å². The normalized spacial score (nSPS) is 11.0. The maximum atomic E-state index is 5.74. The van der Waals surface area contributed by atoms with Gasteiger partial charge in [0, 0.05) is 26.7 Å². The van der Waals surface area contributed by atoms with Gasteiger partial charge in [0.15, 0.2) is 11.8 Å². The Bertz CT molecular complexity index is 601. The van der Waals surface area contributed by atoms with E-state index in [1.54, 1.807) is 26.2 Å². The third-order valence-electron chi connectivity index (χ3n) is 2.70. The van der Waals surface area contributed by atoms with E-state index in [0.717, 1.165) is 18.5 Å². The quantitative estimate of drug-likeness (QED) is 0.322. The number of hydrogen-bond acceptors (Lipinski definition) is 5. The van der Waals surface area contributed by atoms with Gasteiger partial charge >= 0.3 is 0 Å². The van der Waals surface area contributed by atoms with Crippen LogP contribution in [0.2, 0.25) is 5.15 Å². The highest BCUT2D eigenvalue weighted by atomic mass is 127. The molecule has 0 fully saturated rings. The van der Waals surface area contributed by atoms with Crippen LogP contribution in [0, 0.1) is 6.92 Å². The minimum atomic E-state index is 0. The first-order valence-electron chi connectivity index (χ1n) is 6.51. The average molecular weight is 437 g/mol. The molecule has 22 heavy (non-hydrogen) atoms. The molecule has 7 nitrogen and oxygen atoms in total. The molecule has 2 heterocycles. The number of nitrogens with zero attached hydrogens (tertiary/aromatic N) is 4. The Hall–Kier alpha value is -1.42. The van der Waals surface area contributed by atoms with E-state index >= 15 is 0 Å². The Morgan fingerprint density at radius 1 is 1.36 bits per heavy atom. The maximum Gasteiger partial charge on any atom is 0.223 e. The highest BCUT2D eigenvalue weighted by Crippen LogP contribution is 2.05. The van der Waals surface area contributed by atoms with Crippen LogP contribution in [0.25, 0.3) is 0 Å². The number of halogens is 2. The van der Waals surface area contributed by atoms with Crippen LogP contribution in [0.3, 0.4) is 0 Å². The summed E-state index contributed by atoms with van der Waals surface area (Å²) < 4.78 is 4.90. The van der Waals surface area contributed by atoms with E-state index in [4.69, 9.17) is 16.1 Å². The molecule has 120 valence electrons.